The summed E-state index contributed by atoms with van der Waals surface area (Å²) in [5, 5.41) is 0.0571. The highest BCUT2D eigenvalue weighted by molar-refractivity contribution is 6.34. The minimum atomic E-state index is -0.497. The first-order valence-electron chi connectivity index (χ1n) is 3.55. The van der Waals surface area contributed by atoms with Crippen LogP contribution in [0.1, 0.15) is 17.3 Å². The van der Waals surface area contributed by atoms with Crippen molar-refractivity contribution < 1.29 is 4.79 Å². The Kier molecular flexibility index (Phi) is 3.12. The monoisotopic (exact) mass is 202 g/mol. The first-order valence-corrected chi connectivity index (χ1v) is 4.36. The summed E-state index contributed by atoms with van der Waals surface area (Å²) in [7, 11) is 0. The van der Waals surface area contributed by atoms with Crippen LogP contribution in [0.5, 0.6) is 0 Å². The molecule has 1 aromatic carbocycles. The van der Waals surface area contributed by atoms with E-state index in [0.717, 1.165) is 0 Å². The fourth-order valence-corrected chi connectivity index (χ4v) is 1.19. The molecule has 1 rings (SSSR count). The molecule has 1 nitrogen and oxygen atoms in total. The zero-order valence-corrected chi connectivity index (χ0v) is 8.06. The third kappa shape index (κ3) is 2.23. The number of rotatable bonds is 2. The van der Waals surface area contributed by atoms with Crippen molar-refractivity contribution >= 4 is 29.0 Å². The quantitative estimate of drug-likeness (QED) is 0.533. The van der Waals surface area contributed by atoms with Crippen LogP contribution in [0.15, 0.2) is 24.3 Å². The Morgan fingerprint density at radius 2 is 2.17 bits per heavy atom. The average Bonchev–Trinajstić information content (AvgIpc) is 2.03. The number of ketones is 1. The maximum absolute atomic E-state index is 11.3. The molecule has 3 heteroatoms. The van der Waals surface area contributed by atoms with Crippen LogP contribution in [0.25, 0.3) is 0 Å². The molecule has 0 aliphatic heterocycles. The Morgan fingerprint density at radius 1 is 1.50 bits per heavy atom. The lowest BCUT2D eigenvalue weighted by atomic mass is 10.1. The topological polar surface area (TPSA) is 17.1 Å². The first kappa shape index (κ1) is 9.56. The van der Waals surface area contributed by atoms with Crippen molar-refractivity contribution in [2.45, 2.75) is 12.3 Å². The van der Waals surface area contributed by atoms with Crippen molar-refractivity contribution in [3.8, 4) is 0 Å². The van der Waals surface area contributed by atoms with Gasteiger partial charge in [0, 0.05) is 10.6 Å². The highest BCUT2D eigenvalue weighted by atomic mass is 35.5. The summed E-state index contributed by atoms with van der Waals surface area (Å²) in [6.45, 7) is 1.64. The minimum absolute atomic E-state index is 0.0980. The number of Topliss-reactive ketones (excluding diaryl/α,β-unsaturated/α-hetero) is 1. The average molecular weight is 203 g/mol. The SMILES string of the molecule is CC(Cl)C(=O)c1cccc(Cl)c1. The van der Waals surface area contributed by atoms with Crippen LogP contribution in [-0.4, -0.2) is 11.2 Å². The molecule has 12 heavy (non-hydrogen) atoms. The molecule has 0 aliphatic carbocycles. The number of alkyl halides is 1. The first-order chi connectivity index (χ1) is 5.61. The Bertz CT molecular complexity index is 294. The molecule has 0 amide bonds. The van der Waals surface area contributed by atoms with Gasteiger partial charge in [0.25, 0.3) is 0 Å². The van der Waals surface area contributed by atoms with Gasteiger partial charge in [-0.05, 0) is 19.1 Å². The molecule has 0 heterocycles. The van der Waals surface area contributed by atoms with Crippen LogP contribution < -0.4 is 0 Å². The lowest BCUT2D eigenvalue weighted by Crippen LogP contribution is -2.09. The summed E-state index contributed by atoms with van der Waals surface area (Å²) in [5.41, 5.74) is 0.560. The third-order valence-electron chi connectivity index (χ3n) is 1.47. The molecule has 0 spiro atoms. The zero-order chi connectivity index (χ0) is 9.14. The predicted molar refractivity (Wildman–Crippen MR) is 51.1 cm³/mol. The third-order valence-corrected chi connectivity index (χ3v) is 1.90. The van der Waals surface area contributed by atoms with Crippen molar-refractivity contribution in [3.05, 3.63) is 34.9 Å². The van der Waals surface area contributed by atoms with Gasteiger partial charge < -0.3 is 0 Å². The van der Waals surface area contributed by atoms with Crippen molar-refractivity contribution in [3.63, 3.8) is 0 Å². The second-order valence-electron chi connectivity index (χ2n) is 2.49. The van der Waals surface area contributed by atoms with Crippen molar-refractivity contribution in [1.82, 2.24) is 0 Å². The van der Waals surface area contributed by atoms with Crippen LogP contribution in [-0.2, 0) is 0 Å². The molecule has 0 radical (unpaired) electrons. The van der Waals surface area contributed by atoms with E-state index in [0.29, 0.717) is 10.6 Å². The number of carbonyl (C=O) groups is 1. The Morgan fingerprint density at radius 3 is 2.67 bits per heavy atom. The summed E-state index contributed by atoms with van der Waals surface area (Å²) < 4.78 is 0. The van der Waals surface area contributed by atoms with E-state index in [1.165, 1.54) is 0 Å². The van der Waals surface area contributed by atoms with Crippen LogP contribution >= 0.6 is 23.2 Å². The van der Waals surface area contributed by atoms with Gasteiger partial charge in [0.2, 0.25) is 0 Å². The maximum Gasteiger partial charge on any atom is 0.180 e. The second-order valence-corrected chi connectivity index (χ2v) is 3.58. The van der Waals surface area contributed by atoms with Gasteiger partial charge in [-0.1, -0.05) is 23.7 Å². The van der Waals surface area contributed by atoms with E-state index in [9.17, 15) is 4.79 Å². The molecule has 0 saturated carbocycles. The fourth-order valence-electron chi connectivity index (χ4n) is 0.871. The van der Waals surface area contributed by atoms with E-state index < -0.39 is 5.38 Å². The molecule has 1 aromatic rings. The van der Waals surface area contributed by atoms with Crippen LogP contribution in [0, 0.1) is 0 Å². The molecule has 0 aromatic heterocycles. The number of hydrogen-bond donors (Lipinski definition) is 0. The Hall–Kier alpha value is -0.530. The van der Waals surface area contributed by atoms with Crippen molar-refractivity contribution in [2.24, 2.45) is 0 Å². The molecule has 1 atom stereocenters. The summed E-state index contributed by atoms with van der Waals surface area (Å²) >= 11 is 11.3. The molecule has 0 fully saturated rings. The summed E-state index contributed by atoms with van der Waals surface area (Å²) in [6, 6.07) is 6.77. The van der Waals surface area contributed by atoms with Crippen LogP contribution in [0.3, 0.4) is 0 Å². The zero-order valence-electron chi connectivity index (χ0n) is 6.55. The largest absolute Gasteiger partial charge is 0.293 e. The molecule has 64 valence electrons. The van der Waals surface area contributed by atoms with Gasteiger partial charge >= 0.3 is 0 Å². The van der Waals surface area contributed by atoms with Gasteiger partial charge in [0.05, 0.1) is 5.38 Å². The molecular formula is C9H8Cl2O. The molecular weight excluding hydrogens is 195 g/mol. The van der Waals surface area contributed by atoms with Crippen molar-refractivity contribution in [1.29, 1.82) is 0 Å². The van der Waals surface area contributed by atoms with E-state index >= 15 is 0 Å². The number of hydrogen-bond acceptors (Lipinski definition) is 1. The van der Waals surface area contributed by atoms with Gasteiger partial charge in [0.15, 0.2) is 5.78 Å². The molecule has 0 aliphatic rings. The van der Waals surface area contributed by atoms with Gasteiger partial charge in [-0.15, -0.1) is 11.6 Å². The fraction of sp³-hybridized carbons (Fsp3) is 0.222. The van der Waals surface area contributed by atoms with E-state index in [-0.39, 0.29) is 5.78 Å². The van der Waals surface area contributed by atoms with E-state index in [2.05, 4.69) is 0 Å². The standard InChI is InChI=1S/C9H8Cl2O/c1-6(10)9(12)7-3-2-4-8(11)5-7/h2-6H,1H3. The lowest BCUT2D eigenvalue weighted by molar-refractivity contribution is 0.0992. The van der Waals surface area contributed by atoms with Crippen LogP contribution in [0.2, 0.25) is 5.02 Å². The van der Waals surface area contributed by atoms with E-state index in [1.54, 1.807) is 31.2 Å². The van der Waals surface area contributed by atoms with E-state index in [4.69, 9.17) is 23.2 Å². The van der Waals surface area contributed by atoms with Gasteiger partial charge in [-0.2, -0.15) is 0 Å². The highest BCUT2D eigenvalue weighted by Crippen LogP contribution is 2.13. The normalized spacial score (nSPS) is 12.6. The van der Waals surface area contributed by atoms with E-state index in [1.807, 2.05) is 0 Å². The van der Waals surface area contributed by atoms with Gasteiger partial charge in [-0.3, -0.25) is 4.79 Å². The lowest BCUT2D eigenvalue weighted by Gasteiger charge is -2.01. The predicted octanol–water partition coefficient (Wildman–Crippen LogP) is 3.15. The number of benzene rings is 1. The molecule has 0 bridgehead atoms. The molecule has 1 unspecified atom stereocenters. The second kappa shape index (κ2) is 3.92. The Balaban J connectivity index is 2.96. The van der Waals surface area contributed by atoms with Crippen molar-refractivity contribution in [2.75, 3.05) is 0 Å². The molecule has 0 saturated heterocycles. The van der Waals surface area contributed by atoms with Gasteiger partial charge in [0.1, 0.15) is 0 Å². The number of carbonyl (C=O) groups excluding carboxylic acids is 1. The summed E-state index contributed by atoms with van der Waals surface area (Å²) in [5.74, 6) is -0.0980. The van der Waals surface area contributed by atoms with Crippen LogP contribution in [0.4, 0.5) is 0 Å². The minimum Gasteiger partial charge on any atom is -0.293 e. The Labute approximate surface area is 81.3 Å². The van der Waals surface area contributed by atoms with Gasteiger partial charge in [-0.25, -0.2) is 0 Å². The number of halogens is 2. The summed E-state index contributed by atoms with van der Waals surface area (Å²) in [6.07, 6.45) is 0. The molecule has 0 N–H and O–H groups in total. The summed E-state index contributed by atoms with van der Waals surface area (Å²) in [4.78, 5) is 11.3. The maximum atomic E-state index is 11.3. The highest BCUT2D eigenvalue weighted by Gasteiger charge is 2.11. The smallest absolute Gasteiger partial charge is 0.180 e.